The third-order valence-electron chi connectivity index (χ3n) is 3.40. The van der Waals surface area contributed by atoms with Crippen molar-refractivity contribution in [2.75, 3.05) is 12.1 Å². The number of anilines is 1. The van der Waals surface area contributed by atoms with Gasteiger partial charge in [0.2, 0.25) is 12.7 Å². The lowest BCUT2D eigenvalue weighted by Gasteiger charge is -2.03. The van der Waals surface area contributed by atoms with E-state index in [9.17, 15) is 9.59 Å². The van der Waals surface area contributed by atoms with E-state index in [1.54, 1.807) is 30.3 Å². The lowest BCUT2D eigenvalue weighted by atomic mass is 10.1. The Morgan fingerprint density at radius 3 is 2.46 bits per heavy atom. The third kappa shape index (κ3) is 3.65. The van der Waals surface area contributed by atoms with Crippen molar-refractivity contribution < 1.29 is 19.1 Å². The summed E-state index contributed by atoms with van der Waals surface area (Å²) in [5.74, 6) is 1.06. The van der Waals surface area contributed by atoms with Crippen molar-refractivity contribution in [1.82, 2.24) is 0 Å². The van der Waals surface area contributed by atoms with Crippen molar-refractivity contribution in [2.45, 2.75) is 6.92 Å². The molecule has 6 heteroatoms. The molecule has 0 saturated heterocycles. The fourth-order valence-electron chi connectivity index (χ4n) is 2.24. The Morgan fingerprint density at radius 1 is 1.12 bits per heavy atom. The van der Waals surface area contributed by atoms with Gasteiger partial charge in [0.1, 0.15) is 0 Å². The number of fused-ring (bicyclic) bond motifs is 1. The highest BCUT2D eigenvalue weighted by Gasteiger charge is 2.15. The molecule has 0 unspecified atom stereocenters. The molecule has 2 aromatic rings. The van der Waals surface area contributed by atoms with Crippen LogP contribution in [0.2, 0.25) is 0 Å². The van der Waals surface area contributed by atoms with Crippen LogP contribution in [-0.2, 0) is 4.79 Å². The molecule has 122 valence electrons. The van der Waals surface area contributed by atoms with Crippen molar-refractivity contribution in [3.05, 3.63) is 58.1 Å². The molecule has 5 nitrogen and oxygen atoms in total. The summed E-state index contributed by atoms with van der Waals surface area (Å²) in [6.45, 7) is 1.64. The summed E-state index contributed by atoms with van der Waals surface area (Å²) in [6.07, 6.45) is 3.21. The fourth-order valence-corrected chi connectivity index (χ4v) is 2.70. The van der Waals surface area contributed by atoms with Crippen LogP contribution in [-0.4, -0.2) is 18.5 Å². The summed E-state index contributed by atoms with van der Waals surface area (Å²) in [7, 11) is 0. The average molecular weight is 388 g/mol. The number of hydrogen-bond acceptors (Lipinski definition) is 4. The van der Waals surface area contributed by atoms with E-state index in [2.05, 4.69) is 21.2 Å². The molecule has 1 aliphatic heterocycles. The number of halogens is 1. The summed E-state index contributed by atoms with van der Waals surface area (Å²) in [5.41, 5.74) is 2.02. The van der Waals surface area contributed by atoms with Crippen LogP contribution in [0.4, 0.5) is 5.69 Å². The van der Waals surface area contributed by atoms with Crippen molar-refractivity contribution in [2.24, 2.45) is 0 Å². The first-order valence-electron chi connectivity index (χ1n) is 7.22. The van der Waals surface area contributed by atoms with Gasteiger partial charge in [-0.25, -0.2) is 0 Å². The van der Waals surface area contributed by atoms with Gasteiger partial charge in [-0.05, 0) is 54.1 Å². The number of amides is 1. The minimum Gasteiger partial charge on any atom is -0.454 e. The normalized spacial score (nSPS) is 12.4. The molecule has 3 rings (SSSR count). The standard InChI is InChI=1S/C18H14BrNO4/c1-11(21)20-14-5-2-12(3-6-14)16(22)7-4-13-8-17-18(9-15(13)19)24-10-23-17/h2-9H,10H2,1H3,(H,20,21)/b7-4-. The van der Waals surface area contributed by atoms with Crippen molar-refractivity contribution >= 4 is 39.4 Å². The number of ketones is 1. The van der Waals surface area contributed by atoms with Gasteiger partial charge in [-0.2, -0.15) is 0 Å². The minimum atomic E-state index is -0.151. The Balaban J connectivity index is 1.75. The predicted octanol–water partition coefficient (Wildman–Crippen LogP) is 4.03. The number of nitrogens with one attached hydrogen (secondary N) is 1. The molecule has 0 bridgehead atoms. The first-order valence-corrected chi connectivity index (χ1v) is 8.01. The second kappa shape index (κ2) is 6.88. The highest BCUT2D eigenvalue weighted by molar-refractivity contribution is 9.10. The lowest BCUT2D eigenvalue weighted by Crippen LogP contribution is -2.05. The molecular weight excluding hydrogens is 374 g/mol. The topological polar surface area (TPSA) is 64.6 Å². The van der Waals surface area contributed by atoms with Gasteiger partial charge in [-0.1, -0.05) is 15.9 Å². The molecule has 0 fully saturated rings. The Hall–Kier alpha value is -2.60. The first kappa shape index (κ1) is 16.3. The smallest absolute Gasteiger partial charge is 0.231 e. The van der Waals surface area contributed by atoms with Crippen LogP contribution in [0.25, 0.3) is 6.08 Å². The first-order chi connectivity index (χ1) is 11.5. The Bertz CT molecular complexity index is 828. The van der Waals surface area contributed by atoms with E-state index in [4.69, 9.17) is 9.47 Å². The van der Waals surface area contributed by atoms with Gasteiger partial charge in [-0.3, -0.25) is 9.59 Å². The highest BCUT2D eigenvalue weighted by Crippen LogP contribution is 2.37. The van der Waals surface area contributed by atoms with E-state index < -0.39 is 0 Å². The molecule has 2 aromatic carbocycles. The summed E-state index contributed by atoms with van der Waals surface area (Å²) in [5, 5.41) is 2.66. The van der Waals surface area contributed by atoms with Gasteiger partial charge in [0.15, 0.2) is 17.3 Å². The number of ether oxygens (including phenoxy) is 2. The predicted molar refractivity (Wildman–Crippen MR) is 94.4 cm³/mol. The molecule has 0 aliphatic carbocycles. The SMILES string of the molecule is CC(=O)Nc1ccc(C(=O)/C=C\c2cc3c(cc2Br)OCO3)cc1. The number of rotatable bonds is 4. The van der Waals surface area contributed by atoms with E-state index in [1.165, 1.54) is 13.0 Å². The fraction of sp³-hybridized carbons (Fsp3) is 0.111. The maximum absolute atomic E-state index is 12.3. The van der Waals surface area contributed by atoms with Gasteiger partial charge in [0, 0.05) is 22.6 Å². The molecular formula is C18H14BrNO4. The summed E-state index contributed by atoms with van der Waals surface area (Å²) in [6, 6.07) is 10.4. The average Bonchev–Trinajstić information content (AvgIpc) is 2.99. The number of carbonyl (C=O) groups is 2. The molecule has 1 aliphatic rings. The van der Waals surface area contributed by atoms with Gasteiger partial charge in [0.25, 0.3) is 0 Å². The molecule has 1 heterocycles. The molecule has 0 aromatic heterocycles. The van der Waals surface area contributed by atoms with Crippen LogP contribution < -0.4 is 14.8 Å². The monoisotopic (exact) mass is 387 g/mol. The zero-order valence-electron chi connectivity index (χ0n) is 12.8. The number of carbonyl (C=O) groups excluding carboxylic acids is 2. The van der Waals surface area contributed by atoms with Gasteiger partial charge < -0.3 is 14.8 Å². The van der Waals surface area contributed by atoms with E-state index >= 15 is 0 Å². The second-order valence-electron chi connectivity index (χ2n) is 5.18. The van der Waals surface area contributed by atoms with Crippen LogP contribution in [0.1, 0.15) is 22.8 Å². The Kier molecular flexibility index (Phi) is 4.66. The summed E-state index contributed by atoms with van der Waals surface area (Å²) >= 11 is 3.45. The van der Waals surface area contributed by atoms with Gasteiger partial charge >= 0.3 is 0 Å². The van der Waals surface area contributed by atoms with E-state index in [0.717, 1.165) is 10.0 Å². The van der Waals surface area contributed by atoms with Crippen LogP contribution in [0.3, 0.4) is 0 Å². The van der Waals surface area contributed by atoms with Gasteiger partial charge in [0.05, 0.1) is 0 Å². The van der Waals surface area contributed by atoms with Crippen molar-refractivity contribution in [1.29, 1.82) is 0 Å². The van der Waals surface area contributed by atoms with E-state index in [0.29, 0.717) is 22.7 Å². The van der Waals surface area contributed by atoms with E-state index in [1.807, 2.05) is 12.1 Å². The Morgan fingerprint density at radius 2 is 1.79 bits per heavy atom. The molecule has 0 spiro atoms. The van der Waals surface area contributed by atoms with Crippen LogP contribution >= 0.6 is 15.9 Å². The van der Waals surface area contributed by atoms with Crippen LogP contribution in [0.15, 0.2) is 46.9 Å². The summed E-state index contributed by atoms with van der Waals surface area (Å²) < 4.78 is 11.4. The molecule has 1 N–H and O–H groups in total. The van der Waals surface area contributed by atoms with Crippen molar-refractivity contribution in [3.63, 3.8) is 0 Å². The zero-order chi connectivity index (χ0) is 17.1. The van der Waals surface area contributed by atoms with Crippen LogP contribution in [0, 0.1) is 0 Å². The maximum Gasteiger partial charge on any atom is 0.231 e. The third-order valence-corrected chi connectivity index (χ3v) is 4.08. The van der Waals surface area contributed by atoms with Crippen LogP contribution in [0.5, 0.6) is 11.5 Å². The molecule has 0 saturated carbocycles. The van der Waals surface area contributed by atoms with Gasteiger partial charge in [-0.15, -0.1) is 0 Å². The molecule has 0 radical (unpaired) electrons. The lowest BCUT2D eigenvalue weighted by molar-refractivity contribution is -0.114. The zero-order valence-corrected chi connectivity index (χ0v) is 14.4. The number of benzene rings is 2. The quantitative estimate of drug-likeness (QED) is 0.635. The number of hydrogen-bond donors (Lipinski definition) is 1. The molecule has 24 heavy (non-hydrogen) atoms. The molecule has 1 amide bonds. The van der Waals surface area contributed by atoms with E-state index in [-0.39, 0.29) is 18.5 Å². The Labute approximate surface area is 147 Å². The largest absolute Gasteiger partial charge is 0.454 e. The summed E-state index contributed by atoms with van der Waals surface area (Å²) in [4.78, 5) is 23.2. The highest BCUT2D eigenvalue weighted by atomic mass is 79.9. The molecule has 0 atom stereocenters. The number of allylic oxidation sites excluding steroid dienone is 1. The van der Waals surface area contributed by atoms with Crippen molar-refractivity contribution in [3.8, 4) is 11.5 Å². The maximum atomic E-state index is 12.3. The second-order valence-corrected chi connectivity index (χ2v) is 6.04. The minimum absolute atomic E-state index is 0.131.